The molecule has 0 aliphatic rings. The van der Waals surface area contributed by atoms with Crippen LogP contribution < -0.4 is 4.90 Å². The third-order valence-corrected chi connectivity index (χ3v) is 10.4. The van der Waals surface area contributed by atoms with Gasteiger partial charge in [-0.15, -0.1) is 0 Å². The fourth-order valence-electron chi connectivity index (χ4n) is 8.23. The van der Waals surface area contributed by atoms with E-state index in [1.165, 1.54) is 32.3 Å². The minimum absolute atomic E-state index is 0.851. The van der Waals surface area contributed by atoms with Gasteiger partial charge in [0.05, 0.1) is 27.8 Å². The molecule has 0 saturated heterocycles. The third-order valence-electron chi connectivity index (χ3n) is 10.4. The van der Waals surface area contributed by atoms with E-state index in [1.807, 2.05) is 6.07 Å². The van der Waals surface area contributed by atoms with Crippen LogP contribution in [0.3, 0.4) is 0 Å². The molecule has 2 aromatic heterocycles. The molecule has 11 aromatic rings. The minimum atomic E-state index is 0.851. The number of benzene rings is 9. The number of nitrogens with zero attached hydrogens (tertiary/aromatic N) is 1. The number of para-hydroxylation sites is 2. The minimum Gasteiger partial charge on any atom is -0.456 e. The molecule has 9 aromatic carbocycles. The van der Waals surface area contributed by atoms with Gasteiger partial charge in [-0.25, -0.2) is 0 Å². The normalized spacial score (nSPS) is 11.9. The molecule has 0 spiro atoms. The van der Waals surface area contributed by atoms with Gasteiger partial charge >= 0.3 is 0 Å². The molecule has 238 valence electrons. The standard InChI is InChI=1S/C48H29NO2/c1-3-16-33-30(12-1)14-9-20-35(33)36-28-29-41(47-38-19-6-8-24-43(38)51-48(36)47)49(40-22-11-25-44-46(40)37-18-5-7-23-42(37)50-44)39-21-10-15-32-27-26-31-13-2-4-17-34(31)45(32)39/h1-29H. The first-order chi connectivity index (χ1) is 25.3. The van der Waals surface area contributed by atoms with Crippen molar-refractivity contribution >= 4 is 93.3 Å². The Morgan fingerprint density at radius 1 is 0.294 bits per heavy atom. The number of rotatable bonds is 4. The molecule has 11 rings (SSSR count). The van der Waals surface area contributed by atoms with Crippen molar-refractivity contribution in [2.24, 2.45) is 0 Å². The van der Waals surface area contributed by atoms with Gasteiger partial charge in [-0.05, 0) is 75.0 Å². The summed E-state index contributed by atoms with van der Waals surface area (Å²) in [5.41, 5.74) is 8.83. The third kappa shape index (κ3) is 4.12. The molecule has 0 bridgehead atoms. The van der Waals surface area contributed by atoms with Crippen molar-refractivity contribution in [2.45, 2.75) is 0 Å². The topological polar surface area (TPSA) is 29.5 Å². The second-order valence-corrected chi connectivity index (χ2v) is 13.2. The first-order valence-corrected chi connectivity index (χ1v) is 17.4. The zero-order valence-electron chi connectivity index (χ0n) is 27.5. The lowest BCUT2D eigenvalue weighted by atomic mass is 9.94. The van der Waals surface area contributed by atoms with E-state index in [2.05, 4.69) is 175 Å². The van der Waals surface area contributed by atoms with Gasteiger partial charge in [0.15, 0.2) is 0 Å². The molecule has 0 unspecified atom stereocenters. The molecule has 0 N–H and O–H groups in total. The highest BCUT2D eigenvalue weighted by atomic mass is 16.3. The van der Waals surface area contributed by atoms with Gasteiger partial charge in [0, 0.05) is 21.7 Å². The highest BCUT2D eigenvalue weighted by Gasteiger charge is 2.26. The summed E-state index contributed by atoms with van der Waals surface area (Å²) >= 11 is 0. The zero-order chi connectivity index (χ0) is 33.5. The summed E-state index contributed by atoms with van der Waals surface area (Å²) in [7, 11) is 0. The highest BCUT2D eigenvalue weighted by Crippen LogP contribution is 2.51. The summed E-state index contributed by atoms with van der Waals surface area (Å²) in [6.07, 6.45) is 0. The lowest BCUT2D eigenvalue weighted by molar-refractivity contribution is 0.669. The predicted molar refractivity (Wildman–Crippen MR) is 214 cm³/mol. The van der Waals surface area contributed by atoms with Crippen LogP contribution in [0.1, 0.15) is 0 Å². The monoisotopic (exact) mass is 651 g/mol. The smallest absolute Gasteiger partial charge is 0.145 e. The fourth-order valence-corrected chi connectivity index (χ4v) is 8.23. The maximum Gasteiger partial charge on any atom is 0.145 e. The molecule has 0 amide bonds. The Morgan fingerprint density at radius 2 is 0.824 bits per heavy atom. The molecule has 2 heterocycles. The Labute approximate surface area is 293 Å². The van der Waals surface area contributed by atoms with Gasteiger partial charge in [0.2, 0.25) is 0 Å². The number of anilines is 3. The number of furan rings is 2. The molecule has 0 fully saturated rings. The second-order valence-electron chi connectivity index (χ2n) is 13.2. The Hall–Kier alpha value is -6.84. The summed E-state index contributed by atoms with van der Waals surface area (Å²) in [6, 6.07) is 62.5. The van der Waals surface area contributed by atoms with E-state index < -0.39 is 0 Å². The maximum absolute atomic E-state index is 6.90. The van der Waals surface area contributed by atoms with Crippen molar-refractivity contribution in [1.82, 2.24) is 0 Å². The van der Waals surface area contributed by atoms with E-state index in [1.54, 1.807) is 0 Å². The highest BCUT2D eigenvalue weighted by molar-refractivity contribution is 6.23. The molecule has 3 nitrogen and oxygen atoms in total. The van der Waals surface area contributed by atoms with Gasteiger partial charge in [-0.3, -0.25) is 0 Å². The van der Waals surface area contributed by atoms with Crippen molar-refractivity contribution < 1.29 is 8.83 Å². The first kappa shape index (κ1) is 28.0. The SMILES string of the molecule is c1ccc2c(-c3ccc(N(c4cccc5ccc6ccccc6c45)c4cccc5oc6ccccc6c45)c4c3oc3ccccc34)cccc2c1. The Bertz CT molecular complexity index is 3160. The lowest BCUT2D eigenvalue weighted by Crippen LogP contribution is -2.11. The van der Waals surface area contributed by atoms with Crippen LogP contribution in [0, 0.1) is 0 Å². The van der Waals surface area contributed by atoms with E-state index in [-0.39, 0.29) is 0 Å². The number of hydrogen-bond donors (Lipinski definition) is 0. The average molecular weight is 652 g/mol. The quantitative estimate of drug-likeness (QED) is 0.177. The van der Waals surface area contributed by atoms with Crippen molar-refractivity contribution in [1.29, 1.82) is 0 Å². The van der Waals surface area contributed by atoms with Gasteiger partial charge in [-0.2, -0.15) is 0 Å². The fraction of sp³-hybridized carbons (Fsp3) is 0. The van der Waals surface area contributed by atoms with Crippen LogP contribution in [0.15, 0.2) is 185 Å². The molecule has 0 radical (unpaired) electrons. The summed E-state index contributed by atoms with van der Waals surface area (Å²) in [4.78, 5) is 2.44. The molecule has 0 saturated carbocycles. The van der Waals surface area contributed by atoms with Crippen molar-refractivity contribution in [3.8, 4) is 11.1 Å². The Balaban J connectivity index is 1.32. The van der Waals surface area contributed by atoms with Crippen LogP contribution in [0.25, 0.3) is 87.3 Å². The van der Waals surface area contributed by atoms with E-state index in [0.717, 1.165) is 72.1 Å². The van der Waals surface area contributed by atoms with Crippen LogP contribution >= 0.6 is 0 Å². The molecule has 0 aliphatic carbocycles. The molecule has 0 atom stereocenters. The second kappa shape index (κ2) is 10.8. The van der Waals surface area contributed by atoms with Gasteiger partial charge in [-0.1, -0.05) is 133 Å². The van der Waals surface area contributed by atoms with Crippen LogP contribution in [-0.4, -0.2) is 0 Å². The molecular weight excluding hydrogens is 623 g/mol. The number of fused-ring (bicyclic) bond motifs is 10. The summed E-state index contributed by atoms with van der Waals surface area (Å²) in [6.45, 7) is 0. The predicted octanol–water partition coefficient (Wildman–Crippen LogP) is 14.1. The zero-order valence-corrected chi connectivity index (χ0v) is 27.5. The molecule has 3 heteroatoms. The van der Waals surface area contributed by atoms with Crippen LogP contribution in [0.5, 0.6) is 0 Å². The average Bonchev–Trinajstić information content (AvgIpc) is 3.77. The number of hydrogen-bond acceptors (Lipinski definition) is 3. The maximum atomic E-state index is 6.90. The van der Waals surface area contributed by atoms with Crippen LogP contribution in [0.4, 0.5) is 17.1 Å². The molecule has 51 heavy (non-hydrogen) atoms. The first-order valence-electron chi connectivity index (χ1n) is 17.4. The summed E-state index contributed by atoms with van der Waals surface area (Å²) in [5, 5.41) is 11.5. The Kier molecular flexibility index (Phi) is 5.96. The van der Waals surface area contributed by atoms with Crippen molar-refractivity contribution in [2.75, 3.05) is 4.90 Å². The molecular formula is C48H29NO2. The van der Waals surface area contributed by atoms with Gasteiger partial charge < -0.3 is 13.7 Å². The van der Waals surface area contributed by atoms with Gasteiger partial charge in [0.1, 0.15) is 22.3 Å². The van der Waals surface area contributed by atoms with E-state index in [0.29, 0.717) is 0 Å². The van der Waals surface area contributed by atoms with E-state index >= 15 is 0 Å². The van der Waals surface area contributed by atoms with E-state index in [4.69, 9.17) is 8.83 Å². The van der Waals surface area contributed by atoms with E-state index in [9.17, 15) is 0 Å². The van der Waals surface area contributed by atoms with Crippen LogP contribution in [-0.2, 0) is 0 Å². The largest absolute Gasteiger partial charge is 0.456 e. The summed E-state index contributed by atoms with van der Waals surface area (Å²) in [5.74, 6) is 0. The van der Waals surface area contributed by atoms with Crippen LogP contribution in [0.2, 0.25) is 0 Å². The van der Waals surface area contributed by atoms with Crippen molar-refractivity contribution in [3.05, 3.63) is 176 Å². The Morgan fingerprint density at radius 3 is 1.65 bits per heavy atom. The van der Waals surface area contributed by atoms with Crippen molar-refractivity contribution in [3.63, 3.8) is 0 Å². The summed E-state index contributed by atoms with van der Waals surface area (Å²) < 4.78 is 13.4. The molecule has 0 aliphatic heterocycles. The lowest BCUT2D eigenvalue weighted by Gasteiger charge is -2.29. The van der Waals surface area contributed by atoms with Gasteiger partial charge in [0.25, 0.3) is 0 Å².